The topological polar surface area (TPSA) is 35.5 Å². The Hall–Kier alpha value is -0.610. The average Bonchev–Trinajstić information content (AvgIpc) is 2.35. The van der Waals surface area contributed by atoms with Gasteiger partial charge in [0.1, 0.15) is 0 Å². The van der Waals surface area contributed by atoms with E-state index in [4.69, 9.17) is 11.6 Å². The predicted molar refractivity (Wildman–Crippen MR) is 86.2 cm³/mol. The van der Waals surface area contributed by atoms with Gasteiger partial charge in [-0.1, -0.05) is 37.6 Å². The third kappa shape index (κ3) is 6.71. The Morgan fingerprint density at radius 1 is 1.20 bits per heavy atom. The summed E-state index contributed by atoms with van der Waals surface area (Å²) in [6.07, 6.45) is 0.606. The van der Waals surface area contributed by atoms with Crippen LogP contribution in [0.4, 0.5) is 0 Å². The smallest absolute Gasteiger partial charge is 0.0914 e. The zero-order valence-corrected chi connectivity index (χ0v) is 13.7. The molecular weight excluding hydrogens is 272 g/mol. The Kier molecular flexibility index (Phi) is 7.52. The molecule has 1 rings (SSSR count). The molecule has 0 aliphatic carbocycles. The molecule has 114 valence electrons. The van der Waals surface area contributed by atoms with Gasteiger partial charge in [0.25, 0.3) is 0 Å². The van der Waals surface area contributed by atoms with Crippen LogP contribution >= 0.6 is 11.6 Å². The van der Waals surface area contributed by atoms with Gasteiger partial charge in [-0.05, 0) is 44.1 Å². The van der Waals surface area contributed by atoms with Crippen LogP contribution in [0.25, 0.3) is 0 Å². The van der Waals surface area contributed by atoms with Gasteiger partial charge in [-0.3, -0.25) is 0 Å². The molecule has 2 atom stereocenters. The first kappa shape index (κ1) is 17.4. The minimum atomic E-state index is -0.496. The molecular formula is C16H27ClN2O. The molecule has 0 aliphatic rings. The molecule has 0 aromatic heterocycles. The third-order valence-electron chi connectivity index (χ3n) is 3.20. The van der Waals surface area contributed by atoms with Gasteiger partial charge < -0.3 is 15.3 Å². The monoisotopic (exact) mass is 298 g/mol. The second-order valence-electron chi connectivity index (χ2n) is 6.06. The molecule has 0 bridgehead atoms. The Morgan fingerprint density at radius 2 is 1.80 bits per heavy atom. The number of halogens is 1. The first-order valence-corrected chi connectivity index (χ1v) is 7.58. The maximum Gasteiger partial charge on any atom is 0.0914 e. The normalized spacial score (nSPS) is 14.8. The Balaban J connectivity index is 2.50. The molecule has 1 aromatic rings. The van der Waals surface area contributed by atoms with Crippen LogP contribution in [0.5, 0.6) is 0 Å². The van der Waals surface area contributed by atoms with E-state index in [1.165, 1.54) is 0 Å². The number of benzene rings is 1. The lowest BCUT2D eigenvalue weighted by atomic mass is 10.0. The van der Waals surface area contributed by atoms with Crippen LogP contribution < -0.4 is 5.32 Å². The van der Waals surface area contributed by atoms with Crippen molar-refractivity contribution in [3.63, 3.8) is 0 Å². The Morgan fingerprint density at radius 3 is 2.30 bits per heavy atom. The van der Waals surface area contributed by atoms with Gasteiger partial charge in [-0.25, -0.2) is 0 Å². The van der Waals surface area contributed by atoms with Gasteiger partial charge in [0.05, 0.1) is 6.10 Å². The molecule has 0 saturated heterocycles. The Labute approximate surface area is 127 Å². The second-order valence-corrected chi connectivity index (χ2v) is 6.50. The van der Waals surface area contributed by atoms with Crippen molar-refractivity contribution >= 4 is 11.6 Å². The fourth-order valence-corrected chi connectivity index (χ4v) is 2.44. The highest BCUT2D eigenvalue weighted by Gasteiger charge is 2.14. The molecule has 0 spiro atoms. The summed E-state index contributed by atoms with van der Waals surface area (Å²) in [7, 11) is 4.15. The summed E-state index contributed by atoms with van der Waals surface area (Å²) < 4.78 is 0. The SMILES string of the molecule is CC(C)CC(CN(C)C)NCC(O)c1ccc(Cl)cc1. The number of nitrogens with one attached hydrogen (secondary N) is 1. The molecule has 4 heteroatoms. The van der Waals surface area contributed by atoms with Crippen LogP contribution in [-0.2, 0) is 0 Å². The maximum atomic E-state index is 10.2. The zero-order chi connectivity index (χ0) is 15.1. The summed E-state index contributed by atoms with van der Waals surface area (Å²) in [5.74, 6) is 0.639. The first-order valence-electron chi connectivity index (χ1n) is 7.20. The lowest BCUT2D eigenvalue weighted by Gasteiger charge is -2.25. The molecule has 0 aliphatic heterocycles. The lowest BCUT2D eigenvalue weighted by Crippen LogP contribution is -2.41. The number of hydrogen-bond acceptors (Lipinski definition) is 3. The fraction of sp³-hybridized carbons (Fsp3) is 0.625. The number of aliphatic hydroxyl groups excluding tert-OH is 1. The Bertz CT molecular complexity index is 369. The largest absolute Gasteiger partial charge is 0.387 e. The maximum absolute atomic E-state index is 10.2. The fourth-order valence-electron chi connectivity index (χ4n) is 2.31. The minimum Gasteiger partial charge on any atom is -0.387 e. The highest BCUT2D eigenvalue weighted by Crippen LogP contribution is 2.16. The van der Waals surface area contributed by atoms with Crippen molar-refractivity contribution in [3.8, 4) is 0 Å². The van der Waals surface area contributed by atoms with Crippen molar-refractivity contribution in [2.45, 2.75) is 32.4 Å². The lowest BCUT2D eigenvalue weighted by molar-refractivity contribution is 0.163. The van der Waals surface area contributed by atoms with Crippen molar-refractivity contribution in [3.05, 3.63) is 34.9 Å². The van der Waals surface area contributed by atoms with Crippen molar-refractivity contribution in [1.82, 2.24) is 10.2 Å². The van der Waals surface area contributed by atoms with E-state index in [-0.39, 0.29) is 0 Å². The minimum absolute atomic E-state index is 0.395. The molecule has 20 heavy (non-hydrogen) atoms. The molecule has 0 amide bonds. The van der Waals surface area contributed by atoms with E-state index < -0.39 is 6.10 Å². The zero-order valence-electron chi connectivity index (χ0n) is 12.9. The van der Waals surface area contributed by atoms with Gasteiger partial charge in [-0.2, -0.15) is 0 Å². The standard InChI is InChI=1S/C16H27ClN2O/c1-12(2)9-15(11-19(3)4)18-10-16(20)13-5-7-14(17)8-6-13/h5-8,12,15-16,18,20H,9-11H2,1-4H3. The van der Waals surface area contributed by atoms with E-state index in [9.17, 15) is 5.11 Å². The third-order valence-corrected chi connectivity index (χ3v) is 3.45. The van der Waals surface area contributed by atoms with E-state index in [0.717, 1.165) is 18.5 Å². The summed E-state index contributed by atoms with van der Waals surface area (Å²) in [5, 5.41) is 14.4. The average molecular weight is 299 g/mol. The van der Waals surface area contributed by atoms with Crippen LogP contribution in [0.3, 0.4) is 0 Å². The molecule has 0 fully saturated rings. The van der Waals surface area contributed by atoms with Crippen LogP contribution in [0.2, 0.25) is 5.02 Å². The number of hydrogen-bond donors (Lipinski definition) is 2. The van der Waals surface area contributed by atoms with E-state index in [1.54, 1.807) is 0 Å². The molecule has 0 heterocycles. The van der Waals surface area contributed by atoms with Gasteiger partial charge in [0.15, 0.2) is 0 Å². The van der Waals surface area contributed by atoms with Gasteiger partial charge >= 0.3 is 0 Å². The summed E-state index contributed by atoms with van der Waals surface area (Å²) in [5.41, 5.74) is 0.898. The highest BCUT2D eigenvalue weighted by atomic mass is 35.5. The number of nitrogens with zero attached hydrogens (tertiary/aromatic N) is 1. The van der Waals surface area contributed by atoms with Crippen LogP contribution in [0.1, 0.15) is 31.9 Å². The molecule has 0 saturated carbocycles. The van der Waals surface area contributed by atoms with Gasteiger partial charge in [0.2, 0.25) is 0 Å². The van der Waals surface area contributed by atoms with Gasteiger partial charge in [0, 0.05) is 24.2 Å². The summed E-state index contributed by atoms with van der Waals surface area (Å²) in [4.78, 5) is 2.18. The summed E-state index contributed by atoms with van der Waals surface area (Å²) >= 11 is 5.86. The summed E-state index contributed by atoms with van der Waals surface area (Å²) in [6.45, 7) is 5.98. The van der Waals surface area contributed by atoms with E-state index in [1.807, 2.05) is 24.3 Å². The molecule has 2 N–H and O–H groups in total. The quantitative estimate of drug-likeness (QED) is 0.774. The molecule has 2 unspecified atom stereocenters. The number of aliphatic hydroxyl groups is 1. The first-order chi connectivity index (χ1) is 9.38. The van der Waals surface area contributed by atoms with Crippen molar-refractivity contribution in [1.29, 1.82) is 0 Å². The van der Waals surface area contributed by atoms with Crippen LogP contribution in [0.15, 0.2) is 24.3 Å². The molecule has 1 aromatic carbocycles. The predicted octanol–water partition coefficient (Wildman–Crippen LogP) is 2.94. The van der Waals surface area contributed by atoms with Crippen molar-refractivity contribution < 1.29 is 5.11 Å². The van der Waals surface area contributed by atoms with Gasteiger partial charge in [-0.15, -0.1) is 0 Å². The van der Waals surface area contributed by atoms with Crippen molar-refractivity contribution in [2.24, 2.45) is 5.92 Å². The summed E-state index contributed by atoms with van der Waals surface area (Å²) in [6, 6.07) is 7.76. The molecule has 0 radical (unpaired) electrons. The molecule has 3 nitrogen and oxygen atoms in total. The highest BCUT2D eigenvalue weighted by molar-refractivity contribution is 6.30. The van der Waals surface area contributed by atoms with E-state index in [0.29, 0.717) is 23.5 Å². The van der Waals surface area contributed by atoms with E-state index >= 15 is 0 Å². The van der Waals surface area contributed by atoms with Crippen molar-refractivity contribution in [2.75, 3.05) is 27.2 Å². The van der Waals surface area contributed by atoms with Crippen LogP contribution in [0, 0.1) is 5.92 Å². The van der Waals surface area contributed by atoms with E-state index in [2.05, 4.69) is 38.2 Å². The number of likely N-dealkylation sites (N-methyl/N-ethyl adjacent to an activating group) is 1. The second kappa shape index (κ2) is 8.63. The number of rotatable bonds is 8. The van der Waals surface area contributed by atoms with Crippen LogP contribution in [-0.4, -0.2) is 43.2 Å².